The molecule has 2 rings (SSSR count). The minimum Gasteiger partial charge on any atom is -0.508 e. The Hall–Kier alpha value is -3.09. The number of hydrogen-bond acceptors (Lipinski definition) is 4. The maximum Gasteiger partial charge on any atom is 0.411 e. The van der Waals surface area contributed by atoms with E-state index in [9.17, 15) is 25.1 Å². The van der Waals surface area contributed by atoms with E-state index in [1.54, 1.807) is 12.1 Å². The van der Waals surface area contributed by atoms with E-state index in [1.807, 2.05) is 0 Å². The van der Waals surface area contributed by atoms with Crippen LogP contribution in [0.1, 0.15) is 5.56 Å². The maximum absolute atomic E-state index is 11.3. The van der Waals surface area contributed by atoms with Crippen molar-refractivity contribution in [1.82, 2.24) is 0 Å². The number of aromatic hydroxyl groups is 1. The van der Waals surface area contributed by atoms with E-state index in [-0.39, 0.29) is 18.0 Å². The zero-order valence-corrected chi connectivity index (χ0v) is 11.5. The summed E-state index contributed by atoms with van der Waals surface area (Å²) in [5, 5.41) is 29.1. The van der Waals surface area contributed by atoms with Crippen molar-refractivity contribution in [3.05, 3.63) is 64.2 Å². The second-order valence-corrected chi connectivity index (χ2v) is 4.62. The number of non-ortho nitro benzene ring substituents is 1. The van der Waals surface area contributed by atoms with Gasteiger partial charge in [-0.1, -0.05) is 12.1 Å². The van der Waals surface area contributed by atoms with Crippen LogP contribution in [-0.2, 0) is 6.42 Å². The van der Waals surface area contributed by atoms with Gasteiger partial charge in [0.15, 0.2) is 0 Å². The van der Waals surface area contributed by atoms with Crippen LogP contribution in [0.25, 0.3) is 0 Å². The van der Waals surface area contributed by atoms with Crippen LogP contribution in [0.3, 0.4) is 0 Å². The Morgan fingerprint density at radius 3 is 2.18 bits per heavy atom. The molecule has 2 N–H and O–H groups in total. The molecular formula is C15H14N2O5. The van der Waals surface area contributed by atoms with Crippen molar-refractivity contribution in [2.75, 3.05) is 11.4 Å². The van der Waals surface area contributed by atoms with Gasteiger partial charge in [0.05, 0.1) is 4.92 Å². The Balaban J connectivity index is 2.11. The van der Waals surface area contributed by atoms with Gasteiger partial charge in [0.1, 0.15) is 5.75 Å². The number of carbonyl (C=O) groups is 1. The van der Waals surface area contributed by atoms with Gasteiger partial charge in [-0.15, -0.1) is 0 Å². The number of anilines is 1. The average Bonchev–Trinajstić information content (AvgIpc) is 2.49. The number of hydrogen-bond donors (Lipinski definition) is 2. The number of nitro groups is 1. The van der Waals surface area contributed by atoms with Crippen molar-refractivity contribution in [3.63, 3.8) is 0 Å². The van der Waals surface area contributed by atoms with Gasteiger partial charge in [-0.05, 0) is 36.2 Å². The molecule has 114 valence electrons. The van der Waals surface area contributed by atoms with Crippen molar-refractivity contribution in [3.8, 4) is 5.75 Å². The molecule has 7 nitrogen and oxygen atoms in total. The number of rotatable bonds is 5. The molecule has 22 heavy (non-hydrogen) atoms. The predicted molar refractivity (Wildman–Crippen MR) is 80.3 cm³/mol. The minimum absolute atomic E-state index is 0.0902. The zero-order valence-electron chi connectivity index (χ0n) is 11.5. The third-order valence-corrected chi connectivity index (χ3v) is 3.16. The summed E-state index contributed by atoms with van der Waals surface area (Å²) in [6.07, 6.45) is -0.670. The fraction of sp³-hybridized carbons (Fsp3) is 0.133. The first kappa shape index (κ1) is 15.3. The van der Waals surface area contributed by atoms with Gasteiger partial charge in [0.2, 0.25) is 0 Å². The molecule has 0 spiro atoms. The summed E-state index contributed by atoms with van der Waals surface area (Å²) in [6.45, 7) is 0.206. The van der Waals surface area contributed by atoms with Gasteiger partial charge in [-0.2, -0.15) is 0 Å². The van der Waals surface area contributed by atoms with Crippen LogP contribution in [0.2, 0.25) is 0 Å². The van der Waals surface area contributed by atoms with E-state index in [0.717, 1.165) is 10.5 Å². The van der Waals surface area contributed by atoms with Crippen LogP contribution in [0.15, 0.2) is 48.5 Å². The number of phenolic OH excluding ortho intramolecular Hbond substituents is 1. The highest BCUT2D eigenvalue weighted by Gasteiger charge is 2.15. The average molecular weight is 302 g/mol. The molecular weight excluding hydrogens is 288 g/mol. The van der Waals surface area contributed by atoms with E-state index in [1.165, 1.54) is 36.4 Å². The van der Waals surface area contributed by atoms with Crippen LogP contribution in [0, 0.1) is 10.1 Å². The lowest BCUT2D eigenvalue weighted by Crippen LogP contribution is -2.31. The first-order chi connectivity index (χ1) is 10.5. The highest BCUT2D eigenvalue weighted by Crippen LogP contribution is 2.20. The van der Waals surface area contributed by atoms with Crippen molar-refractivity contribution >= 4 is 17.5 Å². The van der Waals surface area contributed by atoms with Crippen LogP contribution in [-0.4, -0.2) is 27.8 Å². The summed E-state index contributed by atoms with van der Waals surface area (Å²) >= 11 is 0. The topological polar surface area (TPSA) is 104 Å². The number of phenols is 1. The number of amides is 1. The van der Waals surface area contributed by atoms with Crippen LogP contribution < -0.4 is 4.90 Å². The number of carboxylic acid groups (broad SMARTS) is 1. The highest BCUT2D eigenvalue weighted by molar-refractivity contribution is 5.86. The Bertz CT molecular complexity index is 667. The standard InChI is InChI=1S/C15H14N2O5/c18-14-7-1-11(2-8-14)9-10-16(15(19)20)12-3-5-13(6-4-12)17(21)22/h1-8,18H,9-10H2,(H,19,20). The predicted octanol–water partition coefficient (Wildman–Crippen LogP) is 3.03. The second-order valence-electron chi connectivity index (χ2n) is 4.62. The lowest BCUT2D eigenvalue weighted by atomic mass is 10.1. The molecule has 0 aliphatic rings. The quantitative estimate of drug-likeness (QED) is 0.652. The summed E-state index contributed by atoms with van der Waals surface area (Å²) in [5.41, 5.74) is 1.16. The van der Waals surface area contributed by atoms with Crippen molar-refractivity contribution < 1.29 is 19.9 Å². The lowest BCUT2D eigenvalue weighted by molar-refractivity contribution is -0.384. The van der Waals surface area contributed by atoms with Gasteiger partial charge in [-0.3, -0.25) is 15.0 Å². The molecule has 0 heterocycles. The summed E-state index contributed by atoms with van der Waals surface area (Å²) < 4.78 is 0. The number of nitro benzene ring substituents is 1. The Morgan fingerprint density at radius 1 is 1.09 bits per heavy atom. The fourth-order valence-electron chi connectivity index (χ4n) is 1.99. The smallest absolute Gasteiger partial charge is 0.411 e. The van der Waals surface area contributed by atoms with E-state index in [4.69, 9.17) is 0 Å². The van der Waals surface area contributed by atoms with E-state index >= 15 is 0 Å². The first-order valence-corrected chi connectivity index (χ1v) is 6.50. The summed E-state index contributed by atoms with van der Waals surface area (Å²) in [7, 11) is 0. The van der Waals surface area contributed by atoms with Crippen molar-refractivity contribution in [2.24, 2.45) is 0 Å². The van der Waals surface area contributed by atoms with Gasteiger partial charge < -0.3 is 10.2 Å². The molecule has 0 radical (unpaired) electrons. The molecule has 0 bridgehead atoms. The van der Waals surface area contributed by atoms with Gasteiger partial charge in [-0.25, -0.2) is 4.79 Å². The molecule has 0 fully saturated rings. The molecule has 2 aromatic carbocycles. The molecule has 7 heteroatoms. The summed E-state index contributed by atoms with van der Waals surface area (Å²) in [6, 6.07) is 11.8. The maximum atomic E-state index is 11.3. The van der Waals surface area contributed by atoms with E-state index < -0.39 is 11.0 Å². The SMILES string of the molecule is O=C(O)N(CCc1ccc(O)cc1)c1ccc([N+](=O)[O-])cc1. The monoisotopic (exact) mass is 302 g/mol. The molecule has 1 amide bonds. The van der Waals surface area contributed by atoms with E-state index in [0.29, 0.717) is 12.1 Å². The Labute approximate surface area is 126 Å². The molecule has 0 aliphatic heterocycles. The molecule has 0 saturated carbocycles. The number of benzene rings is 2. The van der Waals surface area contributed by atoms with Gasteiger partial charge >= 0.3 is 6.09 Å². The lowest BCUT2D eigenvalue weighted by Gasteiger charge is -2.19. The summed E-state index contributed by atoms with van der Waals surface area (Å²) in [5.74, 6) is 0.147. The van der Waals surface area contributed by atoms with Gasteiger partial charge in [0, 0.05) is 24.4 Å². The largest absolute Gasteiger partial charge is 0.508 e. The van der Waals surface area contributed by atoms with Crippen LogP contribution in [0.4, 0.5) is 16.2 Å². The Kier molecular flexibility index (Phi) is 4.57. The minimum atomic E-state index is -1.13. The molecule has 0 aliphatic carbocycles. The third kappa shape index (κ3) is 3.72. The first-order valence-electron chi connectivity index (χ1n) is 6.50. The highest BCUT2D eigenvalue weighted by atomic mass is 16.6. The molecule has 0 unspecified atom stereocenters. The second kappa shape index (κ2) is 6.57. The van der Waals surface area contributed by atoms with Gasteiger partial charge in [0.25, 0.3) is 5.69 Å². The zero-order chi connectivity index (χ0) is 16.1. The van der Waals surface area contributed by atoms with E-state index in [2.05, 4.69) is 0 Å². The van der Waals surface area contributed by atoms with Crippen LogP contribution in [0.5, 0.6) is 5.75 Å². The third-order valence-electron chi connectivity index (χ3n) is 3.16. The molecule has 2 aromatic rings. The summed E-state index contributed by atoms with van der Waals surface area (Å²) in [4.78, 5) is 22.5. The fourth-order valence-corrected chi connectivity index (χ4v) is 1.99. The molecule has 0 aromatic heterocycles. The van der Waals surface area contributed by atoms with Crippen LogP contribution >= 0.6 is 0 Å². The van der Waals surface area contributed by atoms with Crippen molar-refractivity contribution in [2.45, 2.75) is 6.42 Å². The normalized spacial score (nSPS) is 10.2. The van der Waals surface area contributed by atoms with Crippen molar-refractivity contribution in [1.29, 1.82) is 0 Å². The molecule has 0 atom stereocenters. The Morgan fingerprint density at radius 2 is 1.68 bits per heavy atom. The molecule has 0 saturated heterocycles. The number of nitrogens with zero attached hydrogens (tertiary/aromatic N) is 2.